The van der Waals surface area contributed by atoms with Gasteiger partial charge in [-0.25, -0.2) is 8.42 Å². The molecular weight excluding hydrogens is 202 g/mol. The lowest BCUT2D eigenvalue weighted by Gasteiger charge is -2.01. The first-order valence-corrected chi connectivity index (χ1v) is 5.72. The van der Waals surface area contributed by atoms with Crippen molar-refractivity contribution >= 4 is 15.6 Å². The van der Waals surface area contributed by atoms with E-state index in [2.05, 4.69) is 4.98 Å². The fraction of sp³-hybridized carbons (Fsp3) is 0.333. The van der Waals surface area contributed by atoms with Gasteiger partial charge >= 0.3 is 0 Å². The molecule has 0 aliphatic carbocycles. The van der Waals surface area contributed by atoms with Crippen molar-refractivity contribution in [3.8, 4) is 0 Å². The van der Waals surface area contributed by atoms with Gasteiger partial charge in [0.15, 0.2) is 9.84 Å². The number of carbonyl (C=O) groups is 1. The Balaban J connectivity index is 3.05. The van der Waals surface area contributed by atoms with Gasteiger partial charge in [-0.2, -0.15) is 0 Å². The van der Waals surface area contributed by atoms with Gasteiger partial charge in [0.1, 0.15) is 11.5 Å². The van der Waals surface area contributed by atoms with Gasteiger partial charge in [0.25, 0.3) is 0 Å². The van der Waals surface area contributed by atoms with Crippen molar-refractivity contribution in [2.75, 3.05) is 5.75 Å². The van der Waals surface area contributed by atoms with E-state index in [4.69, 9.17) is 0 Å². The van der Waals surface area contributed by atoms with Gasteiger partial charge in [0, 0.05) is 11.9 Å². The van der Waals surface area contributed by atoms with Crippen LogP contribution in [-0.4, -0.2) is 24.9 Å². The number of sulfone groups is 1. The molecule has 0 spiro atoms. The van der Waals surface area contributed by atoms with Crippen molar-refractivity contribution in [2.45, 2.75) is 18.7 Å². The molecule has 0 amide bonds. The first-order valence-electron chi connectivity index (χ1n) is 4.06. The number of carbonyl (C=O) groups excluding carboxylic acids is 1. The zero-order valence-corrected chi connectivity index (χ0v) is 8.84. The first-order chi connectivity index (χ1) is 6.42. The molecule has 0 saturated heterocycles. The number of hydrogen-bond acceptors (Lipinski definition) is 4. The number of Topliss-reactive ketones (excluding diaryl/α,β-unsaturated/α-hetero) is 1. The molecule has 1 aromatic heterocycles. The normalized spacial score (nSPS) is 11.3. The Labute approximate surface area is 82.9 Å². The molecule has 0 bridgehead atoms. The van der Waals surface area contributed by atoms with Crippen molar-refractivity contribution in [1.29, 1.82) is 0 Å². The lowest BCUT2D eigenvalue weighted by atomic mass is 10.4. The molecule has 0 fully saturated rings. The highest BCUT2D eigenvalue weighted by atomic mass is 32.2. The van der Waals surface area contributed by atoms with Crippen molar-refractivity contribution in [1.82, 2.24) is 4.98 Å². The number of pyridine rings is 1. The molecule has 0 aliphatic heterocycles. The van der Waals surface area contributed by atoms with E-state index in [0.29, 0.717) is 0 Å². The van der Waals surface area contributed by atoms with Crippen molar-refractivity contribution in [3.63, 3.8) is 0 Å². The Hall–Kier alpha value is -1.23. The topological polar surface area (TPSA) is 64.1 Å². The van der Waals surface area contributed by atoms with Crippen LogP contribution in [0.2, 0.25) is 0 Å². The highest BCUT2D eigenvalue weighted by molar-refractivity contribution is 7.92. The number of aryl methyl sites for hydroxylation is 1. The third kappa shape index (κ3) is 2.63. The van der Waals surface area contributed by atoms with Crippen molar-refractivity contribution in [3.05, 3.63) is 24.0 Å². The molecule has 1 rings (SSSR count). The summed E-state index contributed by atoms with van der Waals surface area (Å²) in [6.45, 7) is 3.01. The van der Waals surface area contributed by atoms with Gasteiger partial charge in [0.2, 0.25) is 0 Å². The Kier molecular flexibility index (Phi) is 3.00. The Morgan fingerprint density at radius 3 is 2.50 bits per heavy atom. The standard InChI is InChI=1S/C9H11NO3S/c1-7-3-4-9(5-10-7)14(12,13)6-8(2)11/h3-5H,6H2,1-2H3. The zero-order valence-electron chi connectivity index (χ0n) is 8.02. The molecule has 0 saturated carbocycles. The fourth-order valence-electron chi connectivity index (χ4n) is 0.989. The molecule has 0 unspecified atom stereocenters. The summed E-state index contributed by atoms with van der Waals surface area (Å²) in [6.07, 6.45) is 1.27. The largest absolute Gasteiger partial charge is 0.299 e. The molecule has 0 radical (unpaired) electrons. The second-order valence-electron chi connectivity index (χ2n) is 3.10. The van der Waals surface area contributed by atoms with Crippen LogP contribution in [-0.2, 0) is 14.6 Å². The van der Waals surface area contributed by atoms with Crippen LogP contribution in [0.15, 0.2) is 23.2 Å². The summed E-state index contributed by atoms with van der Waals surface area (Å²) in [7, 11) is -3.49. The van der Waals surface area contributed by atoms with E-state index in [0.717, 1.165) is 5.69 Å². The first kappa shape index (κ1) is 10.8. The van der Waals surface area contributed by atoms with Crippen LogP contribution in [0.1, 0.15) is 12.6 Å². The third-order valence-electron chi connectivity index (χ3n) is 1.64. The maximum absolute atomic E-state index is 11.5. The quantitative estimate of drug-likeness (QED) is 0.743. The Morgan fingerprint density at radius 1 is 1.43 bits per heavy atom. The number of hydrogen-bond donors (Lipinski definition) is 0. The minimum absolute atomic E-state index is 0.0956. The molecule has 76 valence electrons. The minimum atomic E-state index is -3.49. The molecular formula is C9H11NO3S. The Morgan fingerprint density at radius 2 is 2.07 bits per heavy atom. The third-order valence-corrected chi connectivity index (χ3v) is 3.38. The highest BCUT2D eigenvalue weighted by Crippen LogP contribution is 2.09. The zero-order chi connectivity index (χ0) is 10.8. The van der Waals surface area contributed by atoms with Crippen LogP contribution in [0.4, 0.5) is 0 Å². The van der Waals surface area contributed by atoms with E-state index in [1.54, 1.807) is 13.0 Å². The van der Waals surface area contributed by atoms with Gasteiger partial charge in [-0.15, -0.1) is 0 Å². The number of rotatable bonds is 3. The molecule has 4 nitrogen and oxygen atoms in total. The van der Waals surface area contributed by atoms with E-state index >= 15 is 0 Å². The molecule has 0 aromatic carbocycles. The fourth-order valence-corrected chi connectivity index (χ4v) is 2.18. The van der Waals surface area contributed by atoms with Gasteiger partial charge in [-0.05, 0) is 26.0 Å². The second kappa shape index (κ2) is 3.88. The van der Waals surface area contributed by atoms with Crippen LogP contribution in [0.3, 0.4) is 0 Å². The Bertz CT molecular complexity index is 434. The van der Waals surface area contributed by atoms with Gasteiger partial charge in [-0.1, -0.05) is 0 Å². The molecule has 0 aliphatic rings. The van der Waals surface area contributed by atoms with Crippen molar-refractivity contribution in [2.24, 2.45) is 0 Å². The molecule has 5 heteroatoms. The van der Waals surface area contributed by atoms with E-state index in [1.807, 2.05) is 0 Å². The predicted molar refractivity (Wildman–Crippen MR) is 51.7 cm³/mol. The molecule has 14 heavy (non-hydrogen) atoms. The average molecular weight is 213 g/mol. The summed E-state index contributed by atoms with van der Waals surface area (Å²) in [5.74, 6) is -0.830. The van der Waals surface area contributed by atoms with Crippen LogP contribution in [0, 0.1) is 6.92 Å². The summed E-state index contributed by atoms with van der Waals surface area (Å²) in [5.41, 5.74) is 0.742. The van der Waals surface area contributed by atoms with Crippen LogP contribution in [0.25, 0.3) is 0 Å². The summed E-state index contributed by atoms with van der Waals surface area (Å²) in [4.78, 5) is 14.7. The highest BCUT2D eigenvalue weighted by Gasteiger charge is 2.16. The number of ketones is 1. The van der Waals surface area contributed by atoms with E-state index in [9.17, 15) is 13.2 Å². The number of aromatic nitrogens is 1. The maximum atomic E-state index is 11.5. The summed E-state index contributed by atoms with van der Waals surface area (Å²) < 4.78 is 23.0. The van der Waals surface area contributed by atoms with Crippen LogP contribution in [0.5, 0.6) is 0 Å². The van der Waals surface area contributed by atoms with E-state index in [-0.39, 0.29) is 10.7 Å². The number of nitrogens with zero attached hydrogens (tertiary/aromatic N) is 1. The second-order valence-corrected chi connectivity index (χ2v) is 5.09. The van der Waals surface area contributed by atoms with Gasteiger partial charge in [-0.3, -0.25) is 9.78 Å². The summed E-state index contributed by atoms with van der Waals surface area (Å²) >= 11 is 0. The van der Waals surface area contributed by atoms with E-state index in [1.165, 1.54) is 19.2 Å². The molecule has 0 atom stereocenters. The van der Waals surface area contributed by atoms with Crippen LogP contribution >= 0.6 is 0 Å². The smallest absolute Gasteiger partial charge is 0.186 e. The lowest BCUT2D eigenvalue weighted by molar-refractivity contribution is -0.114. The summed E-state index contributed by atoms with van der Waals surface area (Å²) in [6, 6.07) is 3.06. The molecule has 0 N–H and O–H groups in total. The van der Waals surface area contributed by atoms with Gasteiger partial charge in [0.05, 0.1) is 4.90 Å². The minimum Gasteiger partial charge on any atom is -0.299 e. The van der Waals surface area contributed by atoms with Crippen molar-refractivity contribution < 1.29 is 13.2 Å². The lowest BCUT2D eigenvalue weighted by Crippen LogP contribution is -2.13. The van der Waals surface area contributed by atoms with Crippen LogP contribution < -0.4 is 0 Å². The van der Waals surface area contributed by atoms with Gasteiger partial charge < -0.3 is 0 Å². The monoisotopic (exact) mass is 213 g/mol. The SMILES string of the molecule is CC(=O)CS(=O)(=O)c1ccc(C)nc1. The summed E-state index contributed by atoms with van der Waals surface area (Å²) in [5, 5.41) is 0. The predicted octanol–water partition coefficient (Wildman–Crippen LogP) is 0.753. The average Bonchev–Trinajstić information content (AvgIpc) is 2.02. The molecule has 1 heterocycles. The van der Waals surface area contributed by atoms with E-state index < -0.39 is 15.6 Å². The molecule has 1 aromatic rings. The maximum Gasteiger partial charge on any atom is 0.186 e.